The predicted octanol–water partition coefficient (Wildman–Crippen LogP) is 2.82. The van der Waals surface area contributed by atoms with Gasteiger partial charge in [0.05, 0.1) is 0 Å². The van der Waals surface area contributed by atoms with Crippen LogP contribution in [0.1, 0.15) is 11.3 Å². The first-order chi connectivity index (χ1) is 10.6. The van der Waals surface area contributed by atoms with Crippen molar-refractivity contribution in [3.8, 4) is 0 Å². The molecule has 0 aliphatic rings. The lowest BCUT2D eigenvalue weighted by molar-refractivity contribution is 0.841. The highest BCUT2D eigenvalue weighted by atomic mass is 32.2. The van der Waals surface area contributed by atoms with E-state index in [1.54, 1.807) is 11.8 Å². The van der Waals surface area contributed by atoms with Gasteiger partial charge in [0.25, 0.3) is 5.56 Å². The normalized spacial score (nSPS) is 11.0. The Morgan fingerprint density at radius 1 is 1.32 bits per heavy atom. The topological polar surface area (TPSA) is 50.5 Å². The fourth-order valence-corrected chi connectivity index (χ4v) is 3.46. The van der Waals surface area contributed by atoms with Gasteiger partial charge in [-0.3, -0.25) is 4.79 Å². The van der Waals surface area contributed by atoms with E-state index in [2.05, 4.69) is 40.6 Å². The fraction of sp³-hybridized carbons (Fsp3) is 0.267. The van der Waals surface area contributed by atoms with Gasteiger partial charge in [-0.15, -0.1) is 16.9 Å². The molecule has 0 saturated carbocycles. The molecule has 114 valence electrons. The molecule has 2 aromatic heterocycles. The van der Waals surface area contributed by atoms with E-state index in [4.69, 9.17) is 0 Å². The van der Waals surface area contributed by atoms with Crippen LogP contribution in [0.5, 0.6) is 0 Å². The maximum atomic E-state index is 11.9. The molecule has 2 heterocycles. The van der Waals surface area contributed by atoms with E-state index in [1.165, 1.54) is 32.4 Å². The molecular weight excluding hydrogens is 316 g/mol. The van der Waals surface area contributed by atoms with Gasteiger partial charge in [-0.25, -0.2) is 4.98 Å². The van der Waals surface area contributed by atoms with Gasteiger partial charge in [0.15, 0.2) is 0 Å². The Hall–Kier alpha value is -1.86. The van der Waals surface area contributed by atoms with Crippen LogP contribution in [-0.2, 0) is 6.54 Å². The van der Waals surface area contributed by atoms with E-state index >= 15 is 0 Å². The third-order valence-electron chi connectivity index (χ3n) is 3.27. The average Bonchev–Trinajstić information content (AvgIpc) is 2.92. The van der Waals surface area contributed by atoms with Gasteiger partial charge in [-0.1, -0.05) is 23.5 Å². The molecule has 0 bridgehead atoms. The maximum absolute atomic E-state index is 11.9. The molecular formula is C15H16N4OS2. The second-order valence-corrected chi connectivity index (χ2v) is 6.83. The molecule has 3 aromatic rings. The lowest BCUT2D eigenvalue weighted by Gasteiger charge is -2.15. The van der Waals surface area contributed by atoms with Crippen LogP contribution in [0.4, 0.5) is 5.13 Å². The molecule has 1 aromatic carbocycles. The molecule has 0 amide bonds. The maximum Gasteiger partial charge on any atom is 0.275 e. The SMILES string of the molecule is CSc1ccc(CN(C)c2nn3c(=O)cc(C)nc3s2)cc1. The van der Waals surface area contributed by atoms with Crippen molar-refractivity contribution in [2.75, 3.05) is 18.2 Å². The highest BCUT2D eigenvalue weighted by Gasteiger charge is 2.11. The molecule has 5 nitrogen and oxygen atoms in total. The summed E-state index contributed by atoms with van der Waals surface area (Å²) < 4.78 is 1.36. The third kappa shape index (κ3) is 3.00. The molecule has 3 rings (SSSR count). The quantitative estimate of drug-likeness (QED) is 0.688. The minimum atomic E-state index is -0.136. The average molecular weight is 332 g/mol. The number of anilines is 1. The highest BCUT2D eigenvalue weighted by Crippen LogP contribution is 2.22. The van der Waals surface area contributed by atoms with Crippen molar-refractivity contribution in [3.63, 3.8) is 0 Å². The molecule has 0 aliphatic carbocycles. The summed E-state index contributed by atoms with van der Waals surface area (Å²) in [5.74, 6) is 0. The largest absolute Gasteiger partial charge is 0.345 e. The number of fused-ring (bicyclic) bond motifs is 1. The summed E-state index contributed by atoms with van der Waals surface area (Å²) in [6.45, 7) is 2.56. The van der Waals surface area contributed by atoms with Crippen LogP contribution in [0.2, 0.25) is 0 Å². The van der Waals surface area contributed by atoms with Crippen LogP contribution in [0.3, 0.4) is 0 Å². The van der Waals surface area contributed by atoms with E-state index in [0.29, 0.717) is 4.96 Å². The zero-order valence-corrected chi connectivity index (χ0v) is 14.2. The first-order valence-electron chi connectivity index (χ1n) is 6.78. The van der Waals surface area contributed by atoms with Crippen LogP contribution >= 0.6 is 23.1 Å². The van der Waals surface area contributed by atoms with E-state index in [1.807, 2.05) is 18.9 Å². The van der Waals surface area contributed by atoms with Gasteiger partial charge in [0, 0.05) is 30.2 Å². The van der Waals surface area contributed by atoms with Crippen LogP contribution < -0.4 is 10.5 Å². The molecule has 0 saturated heterocycles. The Morgan fingerprint density at radius 2 is 2.05 bits per heavy atom. The van der Waals surface area contributed by atoms with Crippen LogP contribution in [0.15, 0.2) is 40.0 Å². The van der Waals surface area contributed by atoms with Crippen molar-refractivity contribution in [1.82, 2.24) is 14.6 Å². The van der Waals surface area contributed by atoms with Crippen molar-refractivity contribution in [1.29, 1.82) is 0 Å². The van der Waals surface area contributed by atoms with Crippen LogP contribution in [0.25, 0.3) is 4.96 Å². The molecule has 0 N–H and O–H groups in total. The molecule has 22 heavy (non-hydrogen) atoms. The zero-order valence-electron chi connectivity index (χ0n) is 12.6. The van der Waals surface area contributed by atoms with E-state index in [9.17, 15) is 4.79 Å². The van der Waals surface area contributed by atoms with E-state index < -0.39 is 0 Å². The Balaban J connectivity index is 1.86. The molecule has 0 radical (unpaired) electrons. The van der Waals surface area contributed by atoms with Gasteiger partial charge in [-0.05, 0) is 30.9 Å². The summed E-state index contributed by atoms with van der Waals surface area (Å²) in [5, 5.41) is 5.15. The Bertz CT molecular complexity index is 854. The lowest BCUT2D eigenvalue weighted by Crippen LogP contribution is -2.18. The number of thioether (sulfide) groups is 1. The Labute approximate surface area is 136 Å². The summed E-state index contributed by atoms with van der Waals surface area (Å²) in [7, 11) is 1.97. The summed E-state index contributed by atoms with van der Waals surface area (Å²) in [4.78, 5) is 20.2. The smallest absolute Gasteiger partial charge is 0.275 e. The van der Waals surface area contributed by atoms with Gasteiger partial charge < -0.3 is 4.90 Å². The predicted molar refractivity (Wildman–Crippen MR) is 92.2 cm³/mol. The minimum Gasteiger partial charge on any atom is -0.345 e. The summed E-state index contributed by atoms with van der Waals surface area (Å²) in [6, 6.07) is 9.95. The van der Waals surface area contributed by atoms with Crippen molar-refractivity contribution in [3.05, 3.63) is 51.9 Å². The van der Waals surface area contributed by atoms with Gasteiger partial charge in [-0.2, -0.15) is 4.52 Å². The van der Waals surface area contributed by atoms with Crippen molar-refractivity contribution in [2.24, 2.45) is 0 Å². The van der Waals surface area contributed by atoms with E-state index in [-0.39, 0.29) is 5.56 Å². The number of hydrogen-bond acceptors (Lipinski definition) is 6. The monoisotopic (exact) mass is 332 g/mol. The van der Waals surface area contributed by atoms with E-state index in [0.717, 1.165) is 17.4 Å². The van der Waals surface area contributed by atoms with Gasteiger partial charge in [0.2, 0.25) is 10.1 Å². The highest BCUT2D eigenvalue weighted by molar-refractivity contribution is 7.98. The standard InChI is InChI=1S/C15H16N4OS2/c1-10-8-13(20)19-14(16-10)22-15(17-19)18(2)9-11-4-6-12(21-3)7-5-11/h4-8H,9H2,1-3H3. The second kappa shape index (κ2) is 6.10. The Kier molecular flexibility index (Phi) is 4.17. The molecule has 0 aliphatic heterocycles. The first-order valence-corrected chi connectivity index (χ1v) is 8.82. The number of aryl methyl sites for hydroxylation is 1. The van der Waals surface area contributed by atoms with Crippen LogP contribution in [0, 0.1) is 6.92 Å². The third-order valence-corrected chi connectivity index (χ3v) is 5.03. The first kappa shape index (κ1) is 15.1. The second-order valence-electron chi connectivity index (χ2n) is 5.02. The molecule has 0 atom stereocenters. The molecule has 0 unspecified atom stereocenters. The molecule has 0 spiro atoms. The number of rotatable bonds is 4. The van der Waals surface area contributed by atoms with Crippen molar-refractivity contribution < 1.29 is 0 Å². The summed E-state index contributed by atoms with van der Waals surface area (Å²) >= 11 is 3.15. The van der Waals surface area contributed by atoms with Crippen molar-refractivity contribution in [2.45, 2.75) is 18.4 Å². The number of hydrogen-bond donors (Lipinski definition) is 0. The van der Waals surface area contributed by atoms with Gasteiger partial charge in [0.1, 0.15) is 0 Å². The van der Waals surface area contributed by atoms with Crippen LogP contribution in [-0.4, -0.2) is 27.9 Å². The number of nitrogens with zero attached hydrogens (tertiary/aromatic N) is 4. The summed E-state index contributed by atoms with van der Waals surface area (Å²) in [5.41, 5.74) is 1.79. The fourth-order valence-electron chi connectivity index (χ4n) is 2.14. The van der Waals surface area contributed by atoms with Crippen molar-refractivity contribution >= 4 is 33.2 Å². The number of aromatic nitrogens is 3. The molecule has 7 heteroatoms. The number of benzene rings is 1. The lowest BCUT2D eigenvalue weighted by atomic mass is 10.2. The Morgan fingerprint density at radius 3 is 2.73 bits per heavy atom. The zero-order chi connectivity index (χ0) is 15.7. The molecule has 0 fully saturated rings. The minimum absolute atomic E-state index is 0.136. The summed E-state index contributed by atoms with van der Waals surface area (Å²) in [6.07, 6.45) is 2.06. The van der Waals surface area contributed by atoms with Gasteiger partial charge >= 0.3 is 0 Å².